The molecule has 0 radical (unpaired) electrons. The van der Waals surface area contributed by atoms with Crippen LogP contribution in [0, 0.1) is 0 Å². The summed E-state index contributed by atoms with van der Waals surface area (Å²) in [6, 6.07) is 0. The van der Waals surface area contributed by atoms with E-state index in [0.29, 0.717) is 6.54 Å². The molecule has 0 aliphatic carbocycles. The van der Waals surface area contributed by atoms with Crippen LogP contribution >= 0.6 is 11.6 Å². The minimum Gasteiger partial charge on any atom is -0.452 e. The van der Waals surface area contributed by atoms with Crippen molar-refractivity contribution < 1.29 is 9.53 Å². The molecular weight excluding hydrogens is 117 g/mol. The van der Waals surface area contributed by atoms with E-state index in [1.165, 1.54) is 0 Å². The number of carbonyl (C=O) groups is 1. The lowest BCUT2D eigenvalue weighted by Gasteiger charge is -1.91. The van der Waals surface area contributed by atoms with Gasteiger partial charge in [-0.2, -0.15) is 0 Å². The average Bonchev–Trinajstić information content (AvgIpc) is 1.61. The first-order chi connectivity index (χ1) is 3.27. The quantitative estimate of drug-likeness (QED) is 0.538. The highest BCUT2D eigenvalue weighted by Gasteiger charge is 1.89. The summed E-state index contributed by atoms with van der Waals surface area (Å²) in [6.45, 7) is 0.515. The third kappa shape index (κ3) is 5.72. The molecule has 0 bridgehead atoms. The Labute approximate surface area is 46.4 Å². The predicted octanol–water partition coefficient (Wildman–Crippen LogP) is 0.321. The van der Waals surface area contributed by atoms with Gasteiger partial charge in [0.05, 0.1) is 0 Å². The molecule has 0 aromatic heterocycles. The van der Waals surface area contributed by atoms with Crippen LogP contribution in [0.3, 0.4) is 0 Å². The third-order valence-electron chi connectivity index (χ3n) is 0.333. The van der Waals surface area contributed by atoms with Crippen molar-refractivity contribution in [2.75, 3.05) is 13.2 Å². The molecule has 0 rings (SSSR count). The van der Waals surface area contributed by atoms with Gasteiger partial charge in [0, 0.05) is 18.1 Å². The highest BCUT2D eigenvalue weighted by Crippen LogP contribution is 1.82. The van der Waals surface area contributed by atoms with Crippen LogP contribution in [0.25, 0.3) is 0 Å². The van der Waals surface area contributed by atoms with Gasteiger partial charge in [-0.15, -0.1) is 0 Å². The largest absolute Gasteiger partial charge is 0.452 e. The number of nitrogens with two attached hydrogens (primary N) is 1. The molecule has 0 aliphatic rings. The first-order valence-corrected chi connectivity index (χ1v) is 2.17. The zero-order valence-corrected chi connectivity index (χ0v) is 4.44. The number of rotatable bonds is 2. The van der Waals surface area contributed by atoms with Gasteiger partial charge in [-0.3, -0.25) is 0 Å². The van der Waals surface area contributed by atoms with Gasteiger partial charge >= 0.3 is 5.43 Å². The molecule has 0 fully saturated rings. The maximum Gasteiger partial charge on any atom is 0.403 e. The second-order valence-corrected chi connectivity index (χ2v) is 1.18. The van der Waals surface area contributed by atoms with Gasteiger partial charge in [-0.05, 0) is 0 Å². The van der Waals surface area contributed by atoms with Crippen LogP contribution in [-0.4, -0.2) is 18.6 Å². The molecular formula is C3H6ClNO2. The van der Waals surface area contributed by atoms with Crippen LogP contribution in [-0.2, 0) is 4.74 Å². The Kier molecular flexibility index (Phi) is 3.74. The maximum atomic E-state index is 9.69. The van der Waals surface area contributed by atoms with Crippen molar-refractivity contribution in [2.24, 2.45) is 5.73 Å². The smallest absolute Gasteiger partial charge is 0.403 e. The molecule has 4 heteroatoms. The molecule has 0 aromatic carbocycles. The zero-order chi connectivity index (χ0) is 5.70. The first-order valence-electron chi connectivity index (χ1n) is 1.79. The Morgan fingerprint density at radius 3 is 2.57 bits per heavy atom. The molecule has 42 valence electrons. The summed E-state index contributed by atoms with van der Waals surface area (Å²) in [6.07, 6.45) is 0. The SMILES string of the molecule is NCCOC(=O)Cl. The van der Waals surface area contributed by atoms with Crippen molar-refractivity contribution in [3.63, 3.8) is 0 Å². The number of carbonyl (C=O) groups excluding carboxylic acids is 1. The highest BCUT2D eigenvalue weighted by molar-refractivity contribution is 6.61. The fourth-order valence-electron chi connectivity index (χ4n) is 0.139. The first kappa shape index (κ1) is 6.72. The van der Waals surface area contributed by atoms with E-state index in [4.69, 9.17) is 17.3 Å². The topological polar surface area (TPSA) is 52.3 Å². The predicted molar refractivity (Wildman–Crippen MR) is 26.3 cm³/mol. The van der Waals surface area contributed by atoms with Crippen molar-refractivity contribution in [1.82, 2.24) is 0 Å². The molecule has 0 unspecified atom stereocenters. The molecule has 0 aliphatic heterocycles. The Bertz CT molecular complexity index is 66.0. The number of ether oxygens (including phenoxy) is 1. The summed E-state index contributed by atoms with van der Waals surface area (Å²) in [5.41, 5.74) is 4.14. The zero-order valence-electron chi connectivity index (χ0n) is 3.69. The summed E-state index contributed by atoms with van der Waals surface area (Å²) >= 11 is 4.74. The average molecular weight is 124 g/mol. The summed E-state index contributed by atoms with van der Waals surface area (Å²) in [4.78, 5) is 9.69. The van der Waals surface area contributed by atoms with Gasteiger partial charge in [0.2, 0.25) is 0 Å². The molecule has 0 saturated carbocycles. The van der Waals surface area contributed by atoms with Gasteiger partial charge < -0.3 is 10.5 Å². The van der Waals surface area contributed by atoms with Crippen LogP contribution < -0.4 is 5.73 Å². The van der Waals surface area contributed by atoms with Crippen molar-refractivity contribution in [3.05, 3.63) is 0 Å². The molecule has 3 nitrogen and oxygen atoms in total. The summed E-state index contributed by atoms with van der Waals surface area (Å²) in [5, 5.41) is 0. The van der Waals surface area contributed by atoms with Crippen LogP contribution in [0.4, 0.5) is 4.79 Å². The Hall–Kier alpha value is -0.280. The van der Waals surface area contributed by atoms with E-state index in [0.717, 1.165) is 0 Å². The molecule has 7 heavy (non-hydrogen) atoms. The number of hydrogen-bond acceptors (Lipinski definition) is 3. The molecule has 0 amide bonds. The second-order valence-electron chi connectivity index (χ2n) is 0.875. The lowest BCUT2D eigenvalue weighted by Crippen LogP contribution is -2.08. The van der Waals surface area contributed by atoms with E-state index in [-0.39, 0.29) is 6.61 Å². The monoisotopic (exact) mass is 123 g/mol. The van der Waals surface area contributed by atoms with Crippen molar-refractivity contribution in [3.8, 4) is 0 Å². The molecule has 0 aromatic rings. The van der Waals surface area contributed by atoms with Crippen molar-refractivity contribution >= 4 is 17.0 Å². The van der Waals surface area contributed by atoms with Gasteiger partial charge in [-0.1, -0.05) is 0 Å². The molecule has 0 heterocycles. The Morgan fingerprint density at radius 1 is 1.86 bits per heavy atom. The van der Waals surface area contributed by atoms with Gasteiger partial charge in [0.15, 0.2) is 0 Å². The fourth-order valence-corrected chi connectivity index (χ4v) is 0.216. The fraction of sp³-hybridized carbons (Fsp3) is 0.667. The minimum absolute atomic E-state index is 0.197. The van der Waals surface area contributed by atoms with E-state index < -0.39 is 5.43 Å². The van der Waals surface area contributed by atoms with E-state index in [1.54, 1.807) is 0 Å². The van der Waals surface area contributed by atoms with E-state index in [9.17, 15) is 4.79 Å². The molecule has 0 spiro atoms. The molecule has 0 saturated heterocycles. The summed E-state index contributed by atoms with van der Waals surface area (Å²) < 4.78 is 4.19. The van der Waals surface area contributed by atoms with Crippen LogP contribution in [0.15, 0.2) is 0 Å². The Morgan fingerprint density at radius 2 is 2.43 bits per heavy atom. The highest BCUT2D eigenvalue weighted by atomic mass is 35.5. The summed E-state index contributed by atoms with van der Waals surface area (Å²) in [5.74, 6) is 0. The second kappa shape index (κ2) is 3.89. The van der Waals surface area contributed by atoms with E-state index in [1.807, 2.05) is 0 Å². The van der Waals surface area contributed by atoms with Gasteiger partial charge in [0.1, 0.15) is 6.61 Å². The van der Waals surface area contributed by atoms with Crippen LogP contribution in [0.1, 0.15) is 0 Å². The van der Waals surface area contributed by atoms with Gasteiger partial charge in [0.25, 0.3) is 0 Å². The van der Waals surface area contributed by atoms with Crippen molar-refractivity contribution in [1.29, 1.82) is 0 Å². The Balaban J connectivity index is 2.82. The normalized spacial score (nSPS) is 8.29. The lowest BCUT2D eigenvalue weighted by atomic mass is 10.7. The number of halogens is 1. The maximum absolute atomic E-state index is 9.69. The van der Waals surface area contributed by atoms with E-state index >= 15 is 0 Å². The van der Waals surface area contributed by atoms with E-state index in [2.05, 4.69) is 4.74 Å². The third-order valence-corrected chi connectivity index (χ3v) is 0.443. The lowest BCUT2D eigenvalue weighted by molar-refractivity contribution is 0.177. The van der Waals surface area contributed by atoms with Crippen LogP contribution in [0.2, 0.25) is 0 Å². The van der Waals surface area contributed by atoms with Crippen LogP contribution in [0.5, 0.6) is 0 Å². The molecule has 2 N–H and O–H groups in total. The standard InChI is InChI=1S/C3H6ClNO2/c4-3(6)7-2-1-5/h1-2,5H2. The van der Waals surface area contributed by atoms with Gasteiger partial charge in [-0.25, -0.2) is 4.79 Å². The molecule has 0 atom stereocenters. The van der Waals surface area contributed by atoms with Crippen molar-refractivity contribution in [2.45, 2.75) is 0 Å². The number of hydrogen-bond donors (Lipinski definition) is 1. The minimum atomic E-state index is -0.801. The summed E-state index contributed by atoms with van der Waals surface area (Å²) in [7, 11) is 0.